The molecule has 2 aromatic rings. The summed E-state index contributed by atoms with van der Waals surface area (Å²) in [5, 5.41) is 3.38. The number of hydrogen-bond acceptors (Lipinski definition) is 5. The standard InChI is InChI=1S/C21H28N4O2/c1-3-4-11-24(2)21(26)17-9-10-22-20(16-17)23-18-7-5-6-8-19(18)25-12-14-27-15-13-25/h5-10,16H,3-4,11-15H2,1-2H3,(H,22,23). The van der Waals surface area contributed by atoms with Gasteiger partial charge in [0, 0.05) is 38.4 Å². The number of amides is 1. The summed E-state index contributed by atoms with van der Waals surface area (Å²) >= 11 is 0. The van der Waals surface area contributed by atoms with Gasteiger partial charge >= 0.3 is 0 Å². The Balaban J connectivity index is 1.76. The van der Waals surface area contributed by atoms with Crippen molar-refractivity contribution in [2.45, 2.75) is 19.8 Å². The van der Waals surface area contributed by atoms with Gasteiger partial charge in [0.05, 0.1) is 24.6 Å². The number of morpholine rings is 1. The van der Waals surface area contributed by atoms with E-state index >= 15 is 0 Å². The fourth-order valence-electron chi connectivity index (χ4n) is 3.15. The summed E-state index contributed by atoms with van der Waals surface area (Å²) in [5.41, 5.74) is 2.75. The van der Waals surface area contributed by atoms with E-state index in [9.17, 15) is 4.79 Å². The third kappa shape index (κ3) is 4.98. The predicted molar refractivity (Wildman–Crippen MR) is 109 cm³/mol. The van der Waals surface area contributed by atoms with Gasteiger partial charge in [-0.2, -0.15) is 0 Å². The Morgan fingerprint density at radius 3 is 2.81 bits per heavy atom. The van der Waals surface area contributed by atoms with Crippen LogP contribution in [0.2, 0.25) is 0 Å². The predicted octanol–water partition coefficient (Wildman–Crippen LogP) is 3.53. The third-order valence-electron chi connectivity index (χ3n) is 4.72. The molecule has 0 spiro atoms. The highest BCUT2D eigenvalue weighted by atomic mass is 16.5. The zero-order valence-electron chi connectivity index (χ0n) is 16.1. The quantitative estimate of drug-likeness (QED) is 0.810. The molecule has 0 radical (unpaired) electrons. The average molecular weight is 368 g/mol. The molecule has 0 atom stereocenters. The van der Waals surface area contributed by atoms with Gasteiger partial charge in [-0.3, -0.25) is 4.79 Å². The number of unbranched alkanes of at least 4 members (excludes halogenated alkanes) is 1. The molecule has 0 saturated carbocycles. The molecular weight excluding hydrogens is 340 g/mol. The van der Waals surface area contributed by atoms with E-state index in [0.717, 1.165) is 57.1 Å². The minimum atomic E-state index is 0.0235. The minimum Gasteiger partial charge on any atom is -0.378 e. The van der Waals surface area contributed by atoms with Crippen molar-refractivity contribution in [1.82, 2.24) is 9.88 Å². The van der Waals surface area contributed by atoms with Crippen molar-refractivity contribution < 1.29 is 9.53 Å². The highest BCUT2D eigenvalue weighted by Gasteiger charge is 2.16. The lowest BCUT2D eigenvalue weighted by atomic mass is 10.2. The number of benzene rings is 1. The number of carbonyl (C=O) groups is 1. The first-order valence-electron chi connectivity index (χ1n) is 9.59. The van der Waals surface area contributed by atoms with Crippen molar-refractivity contribution >= 4 is 23.1 Å². The van der Waals surface area contributed by atoms with Gasteiger partial charge in [0.25, 0.3) is 5.91 Å². The first kappa shape index (κ1) is 19.2. The maximum absolute atomic E-state index is 12.6. The molecule has 1 N–H and O–H groups in total. The van der Waals surface area contributed by atoms with Crippen LogP contribution < -0.4 is 10.2 Å². The molecule has 1 aromatic carbocycles. The second-order valence-corrected chi connectivity index (χ2v) is 6.75. The molecule has 0 bridgehead atoms. The molecule has 144 valence electrons. The fourth-order valence-corrected chi connectivity index (χ4v) is 3.15. The van der Waals surface area contributed by atoms with Crippen LogP contribution in [0.3, 0.4) is 0 Å². The molecule has 6 heteroatoms. The topological polar surface area (TPSA) is 57.7 Å². The zero-order valence-corrected chi connectivity index (χ0v) is 16.1. The van der Waals surface area contributed by atoms with E-state index in [0.29, 0.717) is 11.4 Å². The van der Waals surface area contributed by atoms with E-state index in [-0.39, 0.29) is 5.91 Å². The van der Waals surface area contributed by atoms with Gasteiger partial charge in [0.15, 0.2) is 0 Å². The molecule has 0 unspecified atom stereocenters. The van der Waals surface area contributed by atoms with Crippen LogP contribution in [-0.4, -0.2) is 55.7 Å². The second kappa shape index (κ2) is 9.37. The van der Waals surface area contributed by atoms with Crippen LogP contribution in [0.25, 0.3) is 0 Å². The summed E-state index contributed by atoms with van der Waals surface area (Å²) in [6, 6.07) is 11.8. The van der Waals surface area contributed by atoms with Crippen molar-refractivity contribution in [3.8, 4) is 0 Å². The number of rotatable bonds is 7. The smallest absolute Gasteiger partial charge is 0.253 e. The molecule has 1 aliphatic rings. The normalized spacial score (nSPS) is 14.1. The maximum atomic E-state index is 12.6. The molecule has 2 heterocycles. The molecule has 1 aromatic heterocycles. The number of nitrogens with zero attached hydrogens (tertiary/aromatic N) is 3. The molecule has 0 aliphatic carbocycles. The van der Waals surface area contributed by atoms with Gasteiger partial charge in [-0.1, -0.05) is 25.5 Å². The lowest BCUT2D eigenvalue weighted by Crippen LogP contribution is -2.36. The van der Waals surface area contributed by atoms with Crippen molar-refractivity contribution in [2.75, 3.05) is 50.1 Å². The van der Waals surface area contributed by atoms with Crippen molar-refractivity contribution in [2.24, 2.45) is 0 Å². The van der Waals surface area contributed by atoms with Crippen LogP contribution in [-0.2, 0) is 4.74 Å². The Bertz CT molecular complexity index is 759. The van der Waals surface area contributed by atoms with Crippen LogP contribution in [0.4, 0.5) is 17.2 Å². The van der Waals surface area contributed by atoms with E-state index in [1.807, 2.05) is 31.3 Å². The Morgan fingerprint density at radius 1 is 1.26 bits per heavy atom. The highest BCUT2D eigenvalue weighted by Crippen LogP contribution is 2.28. The van der Waals surface area contributed by atoms with Gasteiger partial charge in [0.1, 0.15) is 5.82 Å². The molecule has 1 saturated heterocycles. The van der Waals surface area contributed by atoms with Gasteiger partial charge in [0.2, 0.25) is 0 Å². The van der Waals surface area contributed by atoms with Crippen LogP contribution >= 0.6 is 0 Å². The van der Waals surface area contributed by atoms with Crippen LogP contribution in [0.5, 0.6) is 0 Å². The van der Waals surface area contributed by atoms with Crippen molar-refractivity contribution in [3.05, 3.63) is 48.2 Å². The Hall–Kier alpha value is -2.60. The van der Waals surface area contributed by atoms with Crippen LogP contribution in [0, 0.1) is 0 Å². The molecule has 1 aliphatic heterocycles. The number of para-hydroxylation sites is 2. The molecule has 27 heavy (non-hydrogen) atoms. The van der Waals surface area contributed by atoms with E-state index in [4.69, 9.17) is 4.74 Å². The van der Waals surface area contributed by atoms with E-state index in [1.54, 1.807) is 17.2 Å². The maximum Gasteiger partial charge on any atom is 0.253 e. The monoisotopic (exact) mass is 368 g/mol. The summed E-state index contributed by atoms with van der Waals surface area (Å²) in [6.45, 7) is 6.10. The van der Waals surface area contributed by atoms with E-state index in [1.165, 1.54) is 0 Å². The second-order valence-electron chi connectivity index (χ2n) is 6.75. The number of anilines is 3. The van der Waals surface area contributed by atoms with E-state index < -0.39 is 0 Å². The van der Waals surface area contributed by atoms with Crippen LogP contribution in [0.1, 0.15) is 30.1 Å². The molecular formula is C21H28N4O2. The Kier molecular flexibility index (Phi) is 6.65. The summed E-state index contributed by atoms with van der Waals surface area (Å²) in [5.74, 6) is 0.695. The van der Waals surface area contributed by atoms with E-state index in [2.05, 4.69) is 28.2 Å². The number of nitrogens with one attached hydrogen (secondary N) is 1. The van der Waals surface area contributed by atoms with Gasteiger partial charge < -0.3 is 19.9 Å². The van der Waals surface area contributed by atoms with Gasteiger partial charge in [-0.25, -0.2) is 4.98 Å². The molecule has 6 nitrogen and oxygen atoms in total. The number of carbonyl (C=O) groups excluding carboxylic acids is 1. The van der Waals surface area contributed by atoms with Crippen molar-refractivity contribution in [1.29, 1.82) is 0 Å². The van der Waals surface area contributed by atoms with Gasteiger partial charge in [-0.15, -0.1) is 0 Å². The number of aromatic nitrogens is 1. The summed E-state index contributed by atoms with van der Waals surface area (Å²) in [7, 11) is 1.85. The number of pyridine rings is 1. The first-order chi connectivity index (χ1) is 13.2. The Labute approximate surface area is 161 Å². The largest absolute Gasteiger partial charge is 0.378 e. The minimum absolute atomic E-state index is 0.0235. The highest BCUT2D eigenvalue weighted by molar-refractivity contribution is 5.95. The van der Waals surface area contributed by atoms with Crippen LogP contribution in [0.15, 0.2) is 42.6 Å². The summed E-state index contributed by atoms with van der Waals surface area (Å²) < 4.78 is 5.46. The van der Waals surface area contributed by atoms with Gasteiger partial charge in [-0.05, 0) is 30.7 Å². The lowest BCUT2D eigenvalue weighted by molar-refractivity contribution is 0.0793. The summed E-state index contributed by atoms with van der Waals surface area (Å²) in [4.78, 5) is 21.1. The zero-order chi connectivity index (χ0) is 19.1. The Morgan fingerprint density at radius 2 is 2.04 bits per heavy atom. The molecule has 1 amide bonds. The first-order valence-corrected chi connectivity index (χ1v) is 9.59. The summed E-state index contributed by atoms with van der Waals surface area (Å²) in [6.07, 6.45) is 3.75. The number of ether oxygens (including phenoxy) is 1. The number of hydrogen-bond donors (Lipinski definition) is 1. The average Bonchev–Trinajstić information content (AvgIpc) is 2.72. The lowest BCUT2D eigenvalue weighted by Gasteiger charge is -2.30. The molecule has 1 fully saturated rings. The third-order valence-corrected chi connectivity index (χ3v) is 4.72. The van der Waals surface area contributed by atoms with Crippen molar-refractivity contribution in [3.63, 3.8) is 0 Å². The SMILES string of the molecule is CCCCN(C)C(=O)c1ccnc(Nc2ccccc2N2CCOCC2)c1. The molecule has 3 rings (SSSR count). The fraction of sp³-hybridized carbons (Fsp3) is 0.429.